The van der Waals surface area contributed by atoms with Crippen LogP contribution in [-0.2, 0) is 6.54 Å². The first-order chi connectivity index (χ1) is 17.1. The molecule has 0 spiro atoms. The number of halogens is 1. The quantitative estimate of drug-likeness (QED) is 0.301. The van der Waals surface area contributed by atoms with Crippen molar-refractivity contribution in [1.29, 1.82) is 0 Å². The Kier molecular flexibility index (Phi) is 5.35. The molecule has 2 aromatic carbocycles. The summed E-state index contributed by atoms with van der Waals surface area (Å²) in [4.78, 5) is 14.7. The highest BCUT2D eigenvalue weighted by molar-refractivity contribution is 8.00. The lowest BCUT2D eigenvalue weighted by Gasteiger charge is -2.40. The van der Waals surface area contributed by atoms with Crippen molar-refractivity contribution in [2.24, 2.45) is 17.8 Å². The molecule has 3 heterocycles. The van der Waals surface area contributed by atoms with E-state index in [4.69, 9.17) is 23.8 Å². The van der Waals surface area contributed by atoms with Gasteiger partial charge in [0.05, 0.1) is 11.6 Å². The van der Waals surface area contributed by atoms with Crippen molar-refractivity contribution in [3.8, 4) is 5.69 Å². The zero-order valence-electron chi connectivity index (χ0n) is 18.8. The second kappa shape index (κ2) is 8.47. The molecule has 4 aromatic rings. The average molecular weight is 539 g/mol. The Balaban J connectivity index is 1.35. The number of benzene rings is 2. The van der Waals surface area contributed by atoms with E-state index in [0.717, 1.165) is 33.4 Å². The molecule has 9 heteroatoms. The normalized spacial score (nSPS) is 26.6. The summed E-state index contributed by atoms with van der Waals surface area (Å²) in [7, 11) is 0. The number of thioether (sulfide) groups is 1. The summed E-state index contributed by atoms with van der Waals surface area (Å²) in [5.74, 6) is 3.05. The molecule has 35 heavy (non-hydrogen) atoms. The van der Waals surface area contributed by atoms with Gasteiger partial charge in [-0.1, -0.05) is 53.3 Å². The summed E-state index contributed by atoms with van der Waals surface area (Å²) in [6, 6.07) is 18.2. The fourth-order valence-corrected chi connectivity index (χ4v) is 10.1. The van der Waals surface area contributed by atoms with Gasteiger partial charge in [0.15, 0.2) is 10.6 Å². The molecule has 178 valence electrons. The highest BCUT2D eigenvalue weighted by Gasteiger charge is 2.55. The zero-order chi connectivity index (χ0) is 23.7. The molecular weight excluding hydrogens is 516 g/mol. The number of fused-ring (bicyclic) bond motifs is 6. The van der Waals surface area contributed by atoms with Crippen molar-refractivity contribution >= 4 is 46.9 Å². The lowest BCUT2D eigenvalue weighted by Crippen LogP contribution is -2.34. The third-order valence-corrected chi connectivity index (χ3v) is 11.3. The molecule has 2 bridgehead atoms. The number of para-hydroxylation sites is 1. The second-order valence-electron chi connectivity index (χ2n) is 9.76. The SMILES string of the molecule is O=c1sc2c(n1Cc1n[nH]c(=S)n1-c1ccccc1)S[C@@H]1[C@H]3CC[C@@H](C3)[C@@H]1[C@@H]2c1ccc(Cl)cc1. The minimum absolute atomic E-state index is 0.0716. The second-order valence-corrected chi connectivity index (χ2v) is 12.7. The van der Waals surface area contributed by atoms with Crippen LogP contribution >= 0.6 is 46.9 Å². The van der Waals surface area contributed by atoms with Crippen LogP contribution in [0.1, 0.15) is 41.4 Å². The molecule has 1 aliphatic heterocycles. The van der Waals surface area contributed by atoms with Crippen molar-refractivity contribution in [3.63, 3.8) is 0 Å². The number of aromatic nitrogens is 4. The molecule has 5 atom stereocenters. The highest BCUT2D eigenvalue weighted by Crippen LogP contribution is 2.64. The number of hydrogen-bond donors (Lipinski definition) is 1. The van der Waals surface area contributed by atoms with E-state index in [9.17, 15) is 4.79 Å². The molecule has 7 rings (SSSR count). The number of H-pyrrole nitrogens is 1. The Morgan fingerprint density at radius 2 is 1.86 bits per heavy atom. The Bertz CT molecular complexity index is 1520. The van der Waals surface area contributed by atoms with Crippen LogP contribution in [0.25, 0.3) is 5.69 Å². The molecule has 2 saturated carbocycles. The van der Waals surface area contributed by atoms with Crippen LogP contribution in [0.2, 0.25) is 5.02 Å². The Hall–Kier alpha value is -2.13. The minimum atomic E-state index is 0.0716. The Labute approximate surface area is 221 Å². The van der Waals surface area contributed by atoms with Crippen LogP contribution in [0, 0.1) is 22.5 Å². The van der Waals surface area contributed by atoms with Crippen molar-refractivity contribution < 1.29 is 0 Å². The Morgan fingerprint density at radius 3 is 2.66 bits per heavy atom. The van der Waals surface area contributed by atoms with Gasteiger partial charge in [0.2, 0.25) is 0 Å². The number of nitrogens with one attached hydrogen (secondary N) is 1. The summed E-state index contributed by atoms with van der Waals surface area (Å²) in [5, 5.41) is 9.86. The van der Waals surface area contributed by atoms with Gasteiger partial charge in [0.1, 0.15) is 0 Å². The monoisotopic (exact) mass is 538 g/mol. The summed E-state index contributed by atoms with van der Waals surface area (Å²) in [6.07, 6.45) is 3.94. The first kappa shape index (κ1) is 22.1. The predicted molar refractivity (Wildman–Crippen MR) is 144 cm³/mol. The third-order valence-electron chi connectivity index (χ3n) is 7.98. The summed E-state index contributed by atoms with van der Waals surface area (Å²) < 4.78 is 4.39. The van der Waals surface area contributed by atoms with E-state index in [0.29, 0.717) is 22.5 Å². The largest absolute Gasteiger partial charge is 0.308 e. The van der Waals surface area contributed by atoms with Crippen LogP contribution in [-0.4, -0.2) is 24.6 Å². The van der Waals surface area contributed by atoms with Gasteiger partial charge in [-0.2, -0.15) is 5.10 Å². The van der Waals surface area contributed by atoms with Gasteiger partial charge in [-0.3, -0.25) is 19.0 Å². The predicted octanol–water partition coefficient (Wildman–Crippen LogP) is 6.51. The smallest absolute Gasteiger partial charge is 0.286 e. The van der Waals surface area contributed by atoms with Crippen molar-refractivity contribution in [3.05, 3.63) is 90.3 Å². The molecule has 0 saturated heterocycles. The van der Waals surface area contributed by atoms with Crippen LogP contribution in [0.4, 0.5) is 0 Å². The maximum Gasteiger partial charge on any atom is 0.308 e. The molecule has 0 radical (unpaired) electrons. The molecule has 1 N–H and O–H groups in total. The maximum atomic E-state index is 13.5. The standard InChI is InChI=1S/C26H23ClN4OS3/c27-17-10-8-14(9-11-17)20-21-15-6-7-16(12-15)22(21)34-24-23(20)35-26(32)30(24)13-19-28-29-25(33)31(19)18-4-2-1-3-5-18/h1-5,8-11,15-16,20-22H,6-7,12-13H2,(H,29,33)/t15-,16-,20-,21+,22+/m0/s1. The van der Waals surface area contributed by atoms with Crippen molar-refractivity contribution in [2.45, 2.75) is 42.0 Å². The van der Waals surface area contributed by atoms with Crippen molar-refractivity contribution in [2.75, 3.05) is 0 Å². The lowest BCUT2D eigenvalue weighted by molar-refractivity contribution is 0.306. The number of rotatable bonds is 4. The number of aromatic amines is 1. The van der Waals surface area contributed by atoms with Gasteiger partial charge in [0, 0.05) is 26.8 Å². The maximum absolute atomic E-state index is 13.5. The molecule has 5 nitrogen and oxygen atoms in total. The van der Waals surface area contributed by atoms with Gasteiger partial charge < -0.3 is 0 Å². The van der Waals surface area contributed by atoms with Gasteiger partial charge >= 0.3 is 4.87 Å². The first-order valence-electron chi connectivity index (χ1n) is 12.0. The third kappa shape index (κ3) is 3.52. The first-order valence-corrected chi connectivity index (χ1v) is 14.4. The molecule has 0 unspecified atom stereocenters. The van der Waals surface area contributed by atoms with Crippen LogP contribution in [0.15, 0.2) is 64.4 Å². The van der Waals surface area contributed by atoms with E-state index in [2.05, 4.69) is 22.3 Å². The summed E-state index contributed by atoms with van der Waals surface area (Å²) in [5.41, 5.74) is 2.22. The average Bonchev–Trinajstić information content (AvgIpc) is 3.64. The summed E-state index contributed by atoms with van der Waals surface area (Å²) >= 11 is 15.1. The van der Waals surface area contributed by atoms with E-state index in [1.807, 2.05) is 63.4 Å². The van der Waals surface area contributed by atoms with Crippen LogP contribution in [0.3, 0.4) is 0 Å². The van der Waals surface area contributed by atoms with Crippen LogP contribution in [0.5, 0.6) is 0 Å². The van der Waals surface area contributed by atoms with Crippen LogP contribution < -0.4 is 4.87 Å². The number of nitrogens with zero attached hydrogens (tertiary/aromatic N) is 3. The molecule has 2 aromatic heterocycles. The van der Waals surface area contributed by atoms with Crippen molar-refractivity contribution in [1.82, 2.24) is 19.3 Å². The minimum Gasteiger partial charge on any atom is -0.286 e. The lowest BCUT2D eigenvalue weighted by atomic mass is 9.75. The van der Waals surface area contributed by atoms with E-state index < -0.39 is 0 Å². The molecule has 2 fully saturated rings. The zero-order valence-corrected chi connectivity index (χ0v) is 22.0. The molecule has 3 aliphatic rings. The fraction of sp³-hybridized carbons (Fsp3) is 0.346. The topological polar surface area (TPSA) is 55.6 Å². The summed E-state index contributed by atoms with van der Waals surface area (Å²) in [6.45, 7) is 0.387. The highest BCUT2D eigenvalue weighted by atomic mass is 35.5. The van der Waals surface area contributed by atoms with E-state index in [1.54, 1.807) is 0 Å². The van der Waals surface area contributed by atoms with E-state index in [-0.39, 0.29) is 10.8 Å². The molecular formula is C26H23ClN4OS3. The fourth-order valence-electron chi connectivity index (χ4n) is 6.55. The van der Waals surface area contributed by atoms with Gasteiger partial charge in [-0.25, -0.2) is 0 Å². The van der Waals surface area contributed by atoms with Gasteiger partial charge in [-0.05, 0) is 79.1 Å². The Morgan fingerprint density at radius 1 is 1.09 bits per heavy atom. The molecule has 0 amide bonds. The van der Waals surface area contributed by atoms with Gasteiger partial charge in [-0.15, -0.1) is 11.8 Å². The number of hydrogen-bond acceptors (Lipinski definition) is 5. The van der Waals surface area contributed by atoms with E-state index >= 15 is 0 Å². The number of thiazole rings is 1. The molecule has 2 aliphatic carbocycles. The van der Waals surface area contributed by atoms with Gasteiger partial charge in [0.25, 0.3) is 0 Å². The van der Waals surface area contributed by atoms with E-state index in [1.165, 1.54) is 41.0 Å².